The van der Waals surface area contributed by atoms with Gasteiger partial charge in [0.2, 0.25) is 0 Å². The van der Waals surface area contributed by atoms with Gasteiger partial charge in [0.25, 0.3) is 17.1 Å². The highest BCUT2D eigenvalue weighted by Gasteiger charge is 2.41. The van der Waals surface area contributed by atoms with Gasteiger partial charge < -0.3 is 14.8 Å². The van der Waals surface area contributed by atoms with Gasteiger partial charge in [-0.3, -0.25) is 19.3 Å². The summed E-state index contributed by atoms with van der Waals surface area (Å²) in [7, 11) is 1.17. The zero-order valence-electron chi connectivity index (χ0n) is 17.5. The normalized spacial score (nSPS) is 15.5. The quantitative estimate of drug-likeness (QED) is 0.458. The molecule has 0 spiro atoms. The predicted molar refractivity (Wildman–Crippen MR) is 121 cm³/mol. The maximum atomic E-state index is 13.6. The van der Waals surface area contributed by atoms with Crippen molar-refractivity contribution < 1.29 is 33.0 Å². The lowest BCUT2D eigenvalue weighted by atomic mass is 10.2. The lowest BCUT2D eigenvalue weighted by molar-refractivity contribution is -0.148. The number of esters is 1. The molecule has 1 aliphatic rings. The van der Waals surface area contributed by atoms with Gasteiger partial charge >= 0.3 is 5.97 Å². The second-order valence-electron chi connectivity index (χ2n) is 6.76. The van der Waals surface area contributed by atoms with E-state index in [2.05, 4.69) is 10.1 Å². The maximum Gasteiger partial charge on any atom is 0.328 e. The van der Waals surface area contributed by atoms with Crippen molar-refractivity contribution in [3.63, 3.8) is 0 Å². The van der Waals surface area contributed by atoms with E-state index in [1.807, 2.05) is 0 Å². The van der Waals surface area contributed by atoms with E-state index < -0.39 is 41.5 Å². The number of halogens is 2. The molecule has 0 radical (unpaired) electrons. The van der Waals surface area contributed by atoms with Crippen LogP contribution in [0.15, 0.2) is 47.4 Å². The summed E-state index contributed by atoms with van der Waals surface area (Å²) in [6, 6.07) is 9.23. The topological polar surface area (TPSA) is 102 Å². The van der Waals surface area contributed by atoms with Crippen molar-refractivity contribution in [3.05, 3.63) is 63.8 Å². The Morgan fingerprint density at radius 3 is 2.64 bits per heavy atom. The van der Waals surface area contributed by atoms with Crippen LogP contribution in [0, 0.1) is 5.82 Å². The molecule has 0 aromatic heterocycles. The summed E-state index contributed by atoms with van der Waals surface area (Å²) in [6.07, 6.45) is 1.45. The number of benzene rings is 2. The first kappa shape index (κ1) is 24.3. The van der Waals surface area contributed by atoms with Gasteiger partial charge in [-0.2, -0.15) is 0 Å². The Hall–Kier alpha value is -3.37. The van der Waals surface area contributed by atoms with Crippen LogP contribution in [0.2, 0.25) is 5.02 Å². The number of anilines is 1. The van der Waals surface area contributed by atoms with Crippen LogP contribution in [0.25, 0.3) is 6.08 Å². The number of hydrogen-bond acceptors (Lipinski definition) is 7. The summed E-state index contributed by atoms with van der Waals surface area (Å²) in [5.74, 6) is -2.27. The lowest BCUT2D eigenvalue weighted by Gasteiger charge is -2.18. The standard InChI is InChI=1S/C22H18ClFN2O6S/c1-12(21(29)31-2)26-20(28)18(33-22(26)30)10-13-7-8-17(14(23)9-13)32-11-19(27)25-16-6-4-3-5-15(16)24/h3-10,12H,11H2,1-2H3,(H,25,27)/b18-10+/t12-/m1/s1. The summed E-state index contributed by atoms with van der Waals surface area (Å²) in [6.45, 7) is 0.994. The molecule has 8 nitrogen and oxygen atoms in total. The number of para-hydroxylation sites is 1. The van der Waals surface area contributed by atoms with Crippen LogP contribution in [-0.4, -0.2) is 47.7 Å². The van der Waals surface area contributed by atoms with Gasteiger partial charge in [-0.05, 0) is 54.6 Å². The van der Waals surface area contributed by atoms with Crippen LogP contribution < -0.4 is 10.1 Å². The highest BCUT2D eigenvalue weighted by molar-refractivity contribution is 8.18. The Morgan fingerprint density at radius 1 is 1.24 bits per heavy atom. The number of nitrogens with one attached hydrogen (secondary N) is 1. The number of thioether (sulfide) groups is 1. The summed E-state index contributed by atoms with van der Waals surface area (Å²) in [4.78, 5) is 49.4. The molecule has 1 fully saturated rings. The fraction of sp³-hybridized carbons (Fsp3) is 0.182. The molecule has 0 saturated carbocycles. The molecule has 3 amide bonds. The van der Waals surface area contributed by atoms with Crippen molar-refractivity contribution in [1.29, 1.82) is 0 Å². The van der Waals surface area contributed by atoms with E-state index in [9.17, 15) is 23.6 Å². The van der Waals surface area contributed by atoms with Crippen LogP contribution in [-0.2, 0) is 19.1 Å². The first-order valence-corrected chi connectivity index (χ1v) is 10.7. The number of methoxy groups -OCH3 is 1. The third-order valence-electron chi connectivity index (χ3n) is 4.51. The number of carbonyl (C=O) groups excluding carboxylic acids is 4. The average Bonchev–Trinajstić information content (AvgIpc) is 3.06. The molecule has 1 N–H and O–H groups in total. The molecule has 0 unspecified atom stereocenters. The SMILES string of the molecule is COC(=O)[C@@H](C)N1C(=O)S/C(=C/c2ccc(OCC(=O)Nc3ccccc3F)c(Cl)c2)C1=O. The molecule has 33 heavy (non-hydrogen) atoms. The van der Waals surface area contributed by atoms with E-state index in [-0.39, 0.29) is 21.4 Å². The monoisotopic (exact) mass is 492 g/mol. The number of imide groups is 1. The molecule has 172 valence electrons. The molecular weight excluding hydrogens is 475 g/mol. The van der Waals surface area contributed by atoms with Gasteiger partial charge in [0.1, 0.15) is 17.6 Å². The number of hydrogen-bond donors (Lipinski definition) is 1. The second-order valence-corrected chi connectivity index (χ2v) is 8.16. The number of amides is 3. The number of nitrogens with zero attached hydrogens (tertiary/aromatic N) is 1. The van der Waals surface area contributed by atoms with Crippen LogP contribution >= 0.6 is 23.4 Å². The van der Waals surface area contributed by atoms with Crippen molar-refractivity contribution in [2.75, 3.05) is 19.0 Å². The third kappa shape index (κ3) is 5.71. The Kier molecular flexibility index (Phi) is 7.72. The van der Waals surface area contributed by atoms with E-state index in [1.54, 1.807) is 12.1 Å². The molecule has 1 aliphatic heterocycles. The van der Waals surface area contributed by atoms with Gasteiger partial charge in [-0.25, -0.2) is 9.18 Å². The number of rotatable bonds is 7. The van der Waals surface area contributed by atoms with Crippen molar-refractivity contribution in [2.24, 2.45) is 0 Å². The Balaban J connectivity index is 1.66. The van der Waals surface area contributed by atoms with Gasteiger partial charge in [-0.15, -0.1) is 0 Å². The summed E-state index contributed by atoms with van der Waals surface area (Å²) >= 11 is 6.90. The van der Waals surface area contributed by atoms with Crippen molar-refractivity contribution in [3.8, 4) is 5.75 Å². The minimum atomic E-state index is -1.05. The summed E-state index contributed by atoms with van der Waals surface area (Å²) in [5.41, 5.74) is 0.530. The summed E-state index contributed by atoms with van der Waals surface area (Å²) < 4.78 is 23.6. The minimum Gasteiger partial charge on any atom is -0.482 e. The zero-order valence-corrected chi connectivity index (χ0v) is 19.0. The van der Waals surface area contributed by atoms with Gasteiger partial charge in [0.05, 0.1) is 22.7 Å². The molecule has 1 atom stereocenters. The second kappa shape index (κ2) is 10.5. The number of ether oxygens (including phenoxy) is 2. The van der Waals surface area contributed by atoms with Crippen molar-refractivity contribution in [2.45, 2.75) is 13.0 Å². The summed E-state index contributed by atoms with van der Waals surface area (Å²) in [5, 5.41) is 1.96. The van der Waals surface area contributed by atoms with E-state index in [4.69, 9.17) is 16.3 Å². The third-order valence-corrected chi connectivity index (χ3v) is 5.69. The predicted octanol–water partition coefficient (Wildman–Crippen LogP) is 4.09. The smallest absolute Gasteiger partial charge is 0.328 e. The molecule has 11 heteroatoms. The maximum absolute atomic E-state index is 13.6. The first-order chi connectivity index (χ1) is 15.7. The highest BCUT2D eigenvalue weighted by Crippen LogP contribution is 2.35. The highest BCUT2D eigenvalue weighted by atomic mass is 35.5. The molecule has 0 bridgehead atoms. The average molecular weight is 493 g/mol. The van der Waals surface area contributed by atoms with Crippen molar-refractivity contribution in [1.82, 2.24) is 4.90 Å². The molecule has 1 heterocycles. The molecule has 3 rings (SSSR count). The molecule has 2 aromatic carbocycles. The number of carbonyl (C=O) groups is 4. The van der Waals surface area contributed by atoms with Gasteiger partial charge in [-0.1, -0.05) is 29.8 Å². The fourth-order valence-corrected chi connectivity index (χ4v) is 4.01. The van der Waals surface area contributed by atoms with Gasteiger partial charge in [0, 0.05) is 0 Å². The van der Waals surface area contributed by atoms with Crippen LogP contribution in [0.4, 0.5) is 14.9 Å². The van der Waals surface area contributed by atoms with E-state index >= 15 is 0 Å². The van der Waals surface area contributed by atoms with Crippen molar-refractivity contribution >= 4 is 58.1 Å². The van der Waals surface area contributed by atoms with E-state index in [0.717, 1.165) is 4.90 Å². The van der Waals surface area contributed by atoms with Crippen LogP contribution in [0.5, 0.6) is 5.75 Å². The van der Waals surface area contributed by atoms with Gasteiger partial charge in [0.15, 0.2) is 6.61 Å². The van der Waals surface area contributed by atoms with E-state index in [0.29, 0.717) is 17.3 Å². The largest absolute Gasteiger partial charge is 0.482 e. The van der Waals surface area contributed by atoms with E-state index in [1.165, 1.54) is 50.4 Å². The molecule has 2 aromatic rings. The van der Waals surface area contributed by atoms with Crippen LogP contribution in [0.1, 0.15) is 12.5 Å². The Bertz CT molecular complexity index is 1160. The molecule has 0 aliphatic carbocycles. The van der Waals surface area contributed by atoms with Crippen LogP contribution in [0.3, 0.4) is 0 Å². The zero-order chi connectivity index (χ0) is 24.1. The fourth-order valence-electron chi connectivity index (χ4n) is 2.86. The minimum absolute atomic E-state index is 0.0306. The Labute approximate surface area is 197 Å². The first-order valence-electron chi connectivity index (χ1n) is 9.53. The molecular formula is C22H18ClFN2O6S. The molecule has 1 saturated heterocycles. The Morgan fingerprint density at radius 2 is 1.97 bits per heavy atom. The lowest BCUT2D eigenvalue weighted by Crippen LogP contribution is -2.42.